The summed E-state index contributed by atoms with van der Waals surface area (Å²) in [5.41, 5.74) is 1.97. The molecule has 0 unspecified atom stereocenters. The number of rotatable bonds is 3. The van der Waals surface area contributed by atoms with E-state index in [0.29, 0.717) is 12.5 Å². The molecule has 2 aliphatic rings. The van der Waals surface area contributed by atoms with Gasteiger partial charge in [0, 0.05) is 44.1 Å². The van der Waals surface area contributed by atoms with E-state index in [9.17, 15) is 5.11 Å². The van der Waals surface area contributed by atoms with Crippen molar-refractivity contribution in [1.82, 2.24) is 14.7 Å². The van der Waals surface area contributed by atoms with E-state index in [1.165, 1.54) is 0 Å². The first-order chi connectivity index (χ1) is 11.1. The molecule has 2 fully saturated rings. The zero-order valence-electron chi connectivity index (χ0n) is 13.3. The minimum Gasteiger partial charge on any atom is -0.396 e. The van der Waals surface area contributed by atoms with Crippen molar-refractivity contribution < 1.29 is 9.84 Å². The van der Waals surface area contributed by atoms with E-state index in [2.05, 4.69) is 10.00 Å². The predicted molar refractivity (Wildman–Crippen MR) is 89.4 cm³/mol. The van der Waals surface area contributed by atoms with Gasteiger partial charge in [0.2, 0.25) is 0 Å². The number of benzene rings is 1. The number of fused-ring (bicyclic) bond motifs is 2. The maximum Gasteiger partial charge on any atom is 0.0858 e. The summed E-state index contributed by atoms with van der Waals surface area (Å²) in [5, 5.41) is 16.4. The van der Waals surface area contributed by atoms with Crippen LogP contribution < -0.4 is 0 Å². The predicted octanol–water partition coefficient (Wildman–Crippen LogP) is 2.06. The van der Waals surface area contributed by atoms with E-state index in [1.54, 1.807) is 0 Å². The van der Waals surface area contributed by atoms with Crippen molar-refractivity contribution in [2.24, 2.45) is 18.4 Å². The molecule has 0 bridgehead atoms. The van der Waals surface area contributed by atoms with Gasteiger partial charge in [-0.3, -0.25) is 9.58 Å². The van der Waals surface area contributed by atoms with Crippen LogP contribution >= 0.6 is 11.6 Å². The zero-order chi connectivity index (χ0) is 16.0. The Morgan fingerprint density at radius 3 is 3.13 bits per heavy atom. The van der Waals surface area contributed by atoms with Crippen molar-refractivity contribution in [1.29, 1.82) is 0 Å². The Kier molecular flexibility index (Phi) is 3.84. The Bertz CT molecular complexity index is 732. The first-order valence-corrected chi connectivity index (χ1v) is 8.52. The summed E-state index contributed by atoms with van der Waals surface area (Å²) in [6.07, 6.45) is 1.03. The van der Waals surface area contributed by atoms with E-state index in [-0.39, 0.29) is 12.0 Å². The molecule has 0 radical (unpaired) electrons. The van der Waals surface area contributed by atoms with Crippen molar-refractivity contribution in [3.8, 4) is 0 Å². The van der Waals surface area contributed by atoms with E-state index < -0.39 is 0 Å². The monoisotopic (exact) mass is 335 g/mol. The summed E-state index contributed by atoms with van der Waals surface area (Å²) in [6.45, 7) is 4.27. The number of aromatic nitrogens is 2. The maximum absolute atomic E-state index is 9.91. The van der Waals surface area contributed by atoms with Crippen LogP contribution in [0.15, 0.2) is 18.2 Å². The summed E-state index contributed by atoms with van der Waals surface area (Å²) in [6, 6.07) is 5.92. The molecule has 1 N–H and O–H groups in total. The molecule has 4 rings (SSSR count). The lowest BCUT2D eigenvalue weighted by atomic mass is 9.76. The average molecular weight is 336 g/mol. The molecule has 3 heterocycles. The molecule has 0 amide bonds. The van der Waals surface area contributed by atoms with Gasteiger partial charge in [0.1, 0.15) is 0 Å². The summed E-state index contributed by atoms with van der Waals surface area (Å²) in [4.78, 5) is 2.39. The number of aliphatic hydroxyl groups is 1. The summed E-state index contributed by atoms with van der Waals surface area (Å²) in [7, 11) is 1.95. The fourth-order valence-electron chi connectivity index (χ4n) is 4.23. The number of hydrogen-bond donors (Lipinski definition) is 1. The third kappa shape index (κ3) is 2.47. The van der Waals surface area contributed by atoms with Crippen LogP contribution in [-0.4, -0.2) is 52.7 Å². The standard InChI is InChI=1S/C17H22ClN3O2/c1-20-15-4-2-3-13(18)16(15)14(19-20)8-21-7-12-5-6-23-11-17(12,9-21)10-22/h2-4,12,22H,5-11H2,1H3/t12-,17+/m0/s1. The van der Waals surface area contributed by atoms with Gasteiger partial charge in [-0.2, -0.15) is 5.10 Å². The normalized spacial score (nSPS) is 28.4. The van der Waals surface area contributed by atoms with Crippen LogP contribution in [0.3, 0.4) is 0 Å². The van der Waals surface area contributed by atoms with Crippen molar-refractivity contribution in [2.45, 2.75) is 13.0 Å². The third-order valence-corrected chi connectivity index (χ3v) is 5.79. The topological polar surface area (TPSA) is 50.5 Å². The second kappa shape index (κ2) is 5.74. The number of aliphatic hydroxyl groups excluding tert-OH is 1. The summed E-state index contributed by atoms with van der Waals surface area (Å²) in [5.74, 6) is 0.506. The number of likely N-dealkylation sites (tertiary alicyclic amines) is 1. The molecule has 1 aromatic carbocycles. The quantitative estimate of drug-likeness (QED) is 0.932. The molecule has 0 aliphatic carbocycles. The van der Waals surface area contributed by atoms with Gasteiger partial charge in [-0.25, -0.2) is 0 Å². The number of halogens is 1. The van der Waals surface area contributed by atoms with Gasteiger partial charge in [-0.15, -0.1) is 0 Å². The summed E-state index contributed by atoms with van der Waals surface area (Å²) >= 11 is 6.41. The SMILES string of the molecule is Cn1nc(CN2C[C@@H]3CCOC[C@]3(CO)C2)c2c(Cl)cccc21. The van der Waals surface area contributed by atoms with E-state index in [4.69, 9.17) is 16.3 Å². The van der Waals surface area contributed by atoms with Crippen LogP contribution in [0.25, 0.3) is 10.9 Å². The number of aryl methyl sites for hydroxylation is 1. The molecule has 2 aliphatic heterocycles. The van der Waals surface area contributed by atoms with Crippen LogP contribution in [-0.2, 0) is 18.3 Å². The van der Waals surface area contributed by atoms with Gasteiger partial charge in [0.05, 0.1) is 29.4 Å². The molecule has 0 saturated carbocycles. The van der Waals surface area contributed by atoms with Gasteiger partial charge in [-0.05, 0) is 24.5 Å². The number of hydrogen-bond acceptors (Lipinski definition) is 4. The highest BCUT2D eigenvalue weighted by atomic mass is 35.5. The van der Waals surface area contributed by atoms with Gasteiger partial charge in [-0.1, -0.05) is 17.7 Å². The smallest absolute Gasteiger partial charge is 0.0858 e. The van der Waals surface area contributed by atoms with E-state index in [1.807, 2.05) is 29.9 Å². The van der Waals surface area contributed by atoms with Gasteiger partial charge < -0.3 is 9.84 Å². The van der Waals surface area contributed by atoms with Gasteiger partial charge >= 0.3 is 0 Å². The van der Waals surface area contributed by atoms with Crippen LogP contribution in [0.5, 0.6) is 0 Å². The highest BCUT2D eigenvalue weighted by Crippen LogP contribution is 2.41. The molecule has 6 heteroatoms. The highest BCUT2D eigenvalue weighted by Gasteiger charge is 2.48. The molecular weight excluding hydrogens is 314 g/mol. The maximum atomic E-state index is 9.91. The fraction of sp³-hybridized carbons (Fsp3) is 0.588. The van der Waals surface area contributed by atoms with Gasteiger partial charge in [0.25, 0.3) is 0 Å². The molecule has 2 saturated heterocycles. The second-order valence-corrected chi connectivity index (χ2v) is 7.34. The fourth-order valence-corrected chi connectivity index (χ4v) is 4.51. The average Bonchev–Trinajstić information content (AvgIpc) is 3.07. The van der Waals surface area contributed by atoms with Crippen LogP contribution in [0.1, 0.15) is 12.1 Å². The highest BCUT2D eigenvalue weighted by molar-refractivity contribution is 6.35. The Morgan fingerprint density at radius 1 is 1.48 bits per heavy atom. The van der Waals surface area contributed by atoms with Crippen LogP contribution in [0.4, 0.5) is 0 Å². The zero-order valence-corrected chi connectivity index (χ0v) is 14.1. The number of nitrogens with zero attached hydrogens (tertiary/aromatic N) is 3. The van der Waals surface area contributed by atoms with Gasteiger partial charge in [0.15, 0.2) is 0 Å². The van der Waals surface area contributed by atoms with Crippen molar-refractivity contribution in [3.63, 3.8) is 0 Å². The molecule has 5 nitrogen and oxygen atoms in total. The van der Waals surface area contributed by atoms with Crippen LogP contribution in [0, 0.1) is 11.3 Å². The lowest BCUT2D eigenvalue weighted by Crippen LogP contribution is -2.42. The molecule has 124 valence electrons. The first kappa shape index (κ1) is 15.4. The Morgan fingerprint density at radius 2 is 2.35 bits per heavy atom. The van der Waals surface area contributed by atoms with Crippen molar-refractivity contribution in [3.05, 3.63) is 28.9 Å². The van der Waals surface area contributed by atoms with E-state index >= 15 is 0 Å². The molecule has 2 aromatic rings. The second-order valence-electron chi connectivity index (χ2n) is 6.93. The minimum atomic E-state index is -0.105. The Labute approximate surface area is 140 Å². The minimum absolute atomic E-state index is 0.105. The lowest BCUT2D eigenvalue weighted by molar-refractivity contribution is -0.0561. The Balaban J connectivity index is 1.62. The van der Waals surface area contributed by atoms with E-state index in [0.717, 1.165) is 54.3 Å². The van der Waals surface area contributed by atoms with Crippen molar-refractivity contribution >= 4 is 22.5 Å². The molecule has 2 atom stereocenters. The largest absolute Gasteiger partial charge is 0.396 e. The summed E-state index contributed by atoms with van der Waals surface area (Å²) < 4.78 is 7.54. The molecule has 1 aromatic heterocycles. The van der Waals surface area contributed by atoms with Crippen LogP contribution in [0.2, 0.25) is 5.02 Å². The van der Waals surface area contributed by atoms with Crippen molar-refractivity contribution in [2.75, 3.05) is 32.9 Å². The molecular formula is C17H22ClN3O2. The lowest BCUT2D eigenvalue weighted by Gasteiger charge is -2.36. The molecule has 23 heavy (non-hydrogen) atoms. The third-order valence-electron chi connectivity index (χ3n) is 5.47. The first-order valence-electron chi connectivity index (χ1n) is 8.14. The molecule has 0 spiro atoms. The Hall–Kier alpha value is -1.14. The number of ether oxygens (including phenoxy) is 1.